The Morgan fingerprint density at radius 2 is 2.06 bits per heavy atom. The summed E-state index contributed by atoms with van der Waals surface area (Å²) in [5.74, 6) is 0. The molecule has 1 N–H and O–H groups in total. The second-order valence-corrected chi connectivity index (χ2v) is 5.69. The van der Waals surface area contributed by atoms with Crippen molar-refractivity contribution in [2.45, 2.75) is 32.4 Å². The number of benzene rings is 1. The van der Waals surface area contributed by atoms with E-state index in [2.05, 4.69) is 73.5 Å². The molecular formula is C16H24N2. The summed E-state index contributed by atoms with van der Waals surface area (Å²) in [6, 6.07) is 11.3. The lowest BCUT2D eigenvalue weighted by molar-refractivity contribution is 0.107. The summed E-state index contributed by atoms with van der Waals surface area (Å²) in [5, 5.41) is 3.65. The van der Waals surface area contributed by atoms with Crippen molar-refractivity contribution in [3.63, 3.8) is 0 Å². The highest BCUT2D eigenvalue weighted by Gasteiger charge is 2.32. The summed E-state index contributed by atoms with van der Waals surface area (Å²) < 4.78 is 0. The summed E-state index contributed by atoms with van der Waals surface area (Å²) in [6.45, 7) is 9.77. The first-order chi connectivity index (χ1) is 8.62. The van der Waals surface area contributed by atoms with Gasteiger partial charge in [-0.15, -0.1) is 0 Å². The second kappa shape index (κ2) is 5.68. The Bertz CT molecular complexity index is 395. The van der Waals surface area contributed by atoms with Crippen LogP contribution in [0.5, 0.6) is 0 Å². The Hall–Kier alpha value is -1.12. The Morgan fingerprint density at radius 3 is 2.72 bits per heavy atom. The summed E-state index contributed by atoms with van der Waals surface area (Å²) >= 11 is 0. The van der Waals surface area contributed by atoms with Crippen molar-refractivity contribution in [3.8, 4) is 0 Å². The molecule has 1 saturated heterocycles. The van der Waals surface area contributed by atoms with Crippen molar-refractivity contribution in [3.05, 3.63) is 48.0 Å². The number of allylic oxidation sites excluding steroid dienone is 1. The highest BCUT2D eigenvalue weighted by molar-refractivity contribution is 5.21. The quantitative estimate of drug-likeness (QED) is 0.822. The van der Waals surface area contributed by atoms with Crippen LogP contribution in [0, 0.1) is 0 Å². The van der Waals surface area contributed by atoms with Crippen molar-refractivity contribution in [1.29, 1.82) is 0 Å². The largest absolute Gasteiger partial charge is 0.309 e. The standard InChI is InChI=1S/C16H24N2/c1-4-5-11-18-13-16(2,3)17-12-15(18)14-9-7-6-8-10-14/h4-10,15,17H,11-13H2,1-3H3/b5-4+. The lowest BCUT2D eigenvalue weighted by atomic mass is 9.95. The van der Waals surface area contributed by atoms with Gasteiger partial charge >= 0.3 is 0 Å². The van der Waals surface area contributed by atoms with Crippen LogP contribution in [-0.2, 0) is 0 Å². The van der Waals surface area contributed by atoms with Gasteiger partial charge in [0.15, 0.2) is 0 Å². The molecule has 1 aliphatic rings. The number of hydrogen-bond donors (Lipinski definition) is 1. The van der Waals surface area contributed by atoms with Crippen molar-refractivity contribution in [2.75, 3.05) is 19.6 Å². The van der Waals surface area contributed by atoms with Crippen LogP contribution in [0.1, 0.15) is 32.4 Å². The summed E-state index contributed by atoms with van der Waals surface area (Å²) in [6.07, 6.45) is 4.38. The smallest absolute Gasteiger partial charge is 0.0476 e. The third-order valence-corrected chi connectivity index (χ3v) is 3.57. The fraction of sp³-hybridized carbons (Fsp3) is 0.500. The molecule has 2 heteroatoms. The molecule has 0 aliphatic carbocycles. The summed E-state index contributed by atoms with van der Waals surface area (Å²) in [5.41, 5.74) is 1.61. The minimum absolute atomic E-state index is 0.201. The fourth-order valence-corrected chi connectivity index (χ4v) is 2.61. The minimum Gasteiger partial charge on any atom is -0.309 e. The molecular weight excluding hydrogens is 220 g/mol. The monoisotopic (exact) mass is 244 g/mol. The van der Waals surface area contributed by atoms with Gasteiger partial charge in [-0.3, -0.25) is 4.90 Å². The molecule has 1 atom stereocenters. The van der Waals surface area contributed by atoms with Gasteiger partial charge in [-0.2, -0.15) is 0 Å². The van der Waals surface area contributed by atoms with Crippen molar-refractivity contribution in [2.24, 2.45) is 0 Å². The molecule has 0 saturated carbocycles. The molecule has 1 aromatic carbocycles. The molecule has 0 radical (unpaired) electrons. The number of piperazine rings is 1. The van der Waals surface area contributed by atoms with E-state index in [1.54, 1.807) is 0 Å². The molecule has 2 nitrogen and oxygen atoms in total. The average Bonchev–Trinajstić information content (AvgIpc) is 2.36. The number of hydrogen-bond acceptors (Lipinski definition) is 2. The molecule has 1 heterocycles. The topological polar surface area (TPSA) is 15.3 Å². The van der Waals surface area contributed by atoms with Crippen LogP contribution in [-0.4, -0.2) is 30.1 Å². The number of nitrogens with one attached hydrogen (secondary N) is 1. The van der Waals surface area contributed by atoms with Gasteiger partial charge in [0.05, 0.1) is 0 Å². The van der Waals surface area contributed by atoms with E-state index >= 15 is 0 Å². The molecule has 1 unspecified atom stereocenters. The zero-order valence-corrected chi connectivity index (χ0v) is 11.7. The molecule has 1 aliphatic heterocycles. The van der Waals surface area contributed by atoms with Gasteiger partial charge in [-0.25, -0.2) is 0 Å². The summed E-state index contributed by atoms with van der Waals surface area (Å²) in [7, 11) is 0. The molecule has 0 spiro atoms. The zero-order chi connectivity index (χ0) is 13.0. The van der Waals surface area contributed by atoms with Crippen molar-refractivity contribution >= 4 is 0 Å². The SMILES string of the molecule is C/C=C/CN1CC(C)(C)NCC1c1ccccc1. The van der Waals surface area contributed by atoms with Gasteiger partial charge < -0.3 is 5.32 Å². The van der Waals surface area contributed by atoms with E-state index in [0.29, 0.717) is 6.04 Å². The third-order valence-electron chi connectivity index (χ3n) is 3.57. The lowest BCUT2D eigenvalue weighted by Crippen LogP contribution is -2.58. The molecule has 98 valence electrons. The van der Waals surface area contributed by atoms with Crippen LogP contribution in [0.3, 0.4) is 0 Å². The molecule has 0 bridgehead atoms. The maximum atomic E-state index is 3.65. The summed E-state index contributed by atoms with van der Waals surface area (Å²) in [4.78, 5) is 2.56. The second-order valence-electron chi connectivity index (χ2n) is 5.69. The van der Waals surface area contributed by atoms with E-state index < -0.39 is 0 Å². The first-order valence-corrected chi connectivity index (χ1v) is 6.77. The van der Waals surface area contributed by atoms with Crippen LogP contribution >= 0.6 is 0 Å². The Balaban J connectivity index is 2.17. The fourth-order valence-electron chi connectivity index (χ4n) is 2.61. The third kappa shape index (κ3) is 3.21. The average molecular weight is 244 g/mol. The van der Waals surface area contributed by atoms with Crippen LogP contribution in [0.25, 0.3) is 0 Å². The van der Waals surface area contributed by atoms with Crippen LogP contribution < -0.4 is 5.32 Å². The van der Waals surface area contributed by atoms with Crippen molar-refractivity contribution < 1.29 is 0 Å². The predicted octanol–water partition coefficient (Wildman–Crippen LogP) is 2.99. The van der Waals surface area contributed by atoms with E-state index in [9.17, 15) is 0 Å². The molecule has 0 aromatic heterocycles. The van der Waals surface area contributed by atoms with E-state index in [1.165, 1.54) is 5.56 Å². The van der Waals surface area contributed by atoms with E-state index in [1.807, 2.05) is 0 Å². The highest BCUT2D eigenvalue weighted by atomic mass is 15.2. The molecule has 1 aromatic rings. The Morgan fingerprint density at radius 1 is 1.33 bits per heavy atom. The lowest BCUT2D eigenvalue weighted by Gasteiger charge is -2.44. The van der Waals surface area contributed by atoms with Crippen LogP contribution in [0.4, 0.5) is 0 Å². The first kappa shape index (κ1) is 13.3. The van der Waals surface area contributed by atoms with E-state index in [-0.39, 0.29) is 5.54 Å². The predicted molar refractivity (Wildman–Crippen MR) is 77.7 cm³/mol. The molecule has 0 amide bonds. The van der Waals surface area contributed by atoms with Gasteiger partial charge in [0.25, 0.3) is 0 Å². The van der Waals surface area contributed by atoms with Crippen LogP contribution in [0.15, 0.2) is 42.5 Å². The molecule has 18 heavy (non-hydrogen) atoms. The Kier molecular flexibility index (Phi) is 4.20. The first-order valence-electron chi connectivity index (χ1n) is 6.77. The number of nitrogens with zero attached hydrogens (tertiary/aromatic N) is 1. The van der Waals surface area contributed by atoms with Gasteiger partial charge in [0.2, 0.25) is 0 Å². The normalized spacial score (nSPS) is 24.5. The maximum absolute atomic E-state index is 3.65. The van der Waals surface area contributed by atoms with E-state index in [4.69, 9.17) is 0 Å². The van der Waals surface area contributed by atoms with E-state index in [0.717, 1.165) is 19.6 Å². The zero-order valence-electron chi connectivity index (χ0n) is 11.7. The highest BCUT2D eigenvalue weighted by Crippen LogP contribution is 2.26. The van der Waals surface area contributed by atoms with Gasteiger partial charge in [0.1, 0.15) is 0 Å². The van der Waals surface area contributed by atoms with Gasteiger partial charge in [-0.05, 0) is 26.3 Å². The van der Waals surface area contributed by atoms with Crippen molar-refractivity contribution in [1.82, 2.24) is 10.2 Å². The van der Waals surface area contributed by atoms with Crippen LogP contribution in [0.2, 0.25) is 0 Å². The minimum atomic E-state index is 0.201. The van der Waals surface area contributed by atoms with Gasteiger partial charge in [0, 0.05) is 31.2 Å². The number of rotatable bonds is 3. The molecule has 1 fully saturated rings. The Labute approximate surface area is 111 Å². The van der Waals surface area contributed by atoms with Gasteiger partial charge in [-0.1, -0.05) is 42.5 Å². The molecule has 2 rings (SSSR count). The maximum Gasteiger partial charge on any atom is 0.0476 e.